The van der Waals surface area contributed by atoms with Crippen molar-refractivity contribution >= 4 is 21.7 Å². The van der Waals surface area contributed by atoms with Crippen LogP contribution in [-0.2, 0) is 10.3 Å². The predicted octanol–water partition coefficient (Wildman–Crippen LogP) is 4.57. The van der Waals surface area contributed by atoms with Gasteiger partial charge in [-0.2, -0.15) is 0 Å². The van der Waals surface area contributed by atoms with E-state index in [1.165, 1.54) is 25.7 Å². The van der Waals surface area contributed by atoms with Crippen LogP contribution in [0, 0.1) is 6.92 Å². The molecule has 1 aromatic heterocycles. The van der Waals surface area contributed by atoms with Gasteiger partial charge in [0.2, 0.25) is 0 Å². The number of ether oxygens (including phenoxy) is 1. The molecule has 0 spiro atoms. The van der Waals surface area contributed by atoms with Crippen molar-refractivity contribution < 1.29 is 4.74 Å². The molecule has 5 heteroatoms. The van der Waals surface area contributed by atoms with E-state index in [9.17, 15) is 0 Å². The van der Waals surface area contributed by atoms with E-state index in [2.05, 4.69) is 35.1 Å². The summed E-state index contributed by atoms with van der Waals surface area (Å²) >= 11 is 3.58. The van der Waals surface area contributed by atoms with Crippen molar-refractivity contribution in [3.63, 3.8) is 0 Å². The van der Waals surface area contributed by atoms with Crippen LogP contribution in [0.3, 0.4) is 0 Å². The fourth-order valence-corrected chi connectivity index (χ4v) is 3.37. The number of aryl methyl sites for hydroxylation is 1. The first-order chi connectivity index (χ1) is 10.1. The van der Waals surface area contributed by atoms with Crippen LogP contribution < -0.4 is 5.32 Å². The number of aromatic nitrogens is 2. The molecule has 1 aliphatic rings. The second-order valence-electron chi connectivity index (χ2n) is 5.67. The van der Waals surface area contributed by atoms with Crippen molar-refractivity contribution in [2.75, 3.05) is 18.5 Å². The molecule has 1 heterocycles. The highest BCUT2D eigenvalue weighted by molar-refractivity contribution is 9.10. The SMILES string of the molecule is CCNc1nc(C2(OCC)CCCCCC2)nc(C)c1Br. The van der Waals surface area contributed by atoms with Crippen molar-refractivity contribution in [3.8, 4) is 0 Å². The number of rotatable bonds is 5. The van der Waals surface area contributed by atoms with E-state index < -0.39 is 0 Å². The molecule has 1 N–H and O–H groups in total. The van der Waals surface area contributed by atoms with E-state index in [-0.39, 0.29) is 5.60 Å². The summed E-state index contributed by atoms with van der Waals surface area (Å²) in [6.45, 7) is 7.70. The zero-order valence-corrected chi connectivity index (χ0v) is 14.9. The molecule has 0 aliphatic heterocycles. The minimum Gasteiger partial charge on any atom is -0.369 e. The third kappa shape index (κ3) is 3.75. The zero-order chi connectivity index (χ0) is 15.3. The molecule has 0 unspecified atom stereocenters. The van der Waals surface area contributed by atoms with Gasteiger partial charge in [0.15, 0.2) is 5.82 Å². The van der Waals surface area contributed by atoms with E-state index in [1.807, 2.05) is 6.92 Å². The fourth-order valence-electron chi connectivity index (χ4n) is 3.06. The maximum atomic E-state index is 6.20. The Balaban J connectivity index is 2.43. The van der Waals surface area contributed by atoms with E-state index in [0.29, 0.717) is 6.61 Å². The van der Waals surface area contributed by atoms with Crippen LogP contribution in [0.15, 0.2) is 4.47 Å². The Hall–Kier alpha value is -0.680. The minimum absolute atomic E-state index is 0.305. The molecule has 1 aliphatic carbocycles. The Morgan fingerprint density at radius 3 is 2.38 bits per heavy atom. The highest BCUT2D eigenvalue weighted by atomic mass is 79.9. The van der Waals surface area contributed by atoms with Gasteiger partial charge in [-0.25, -0.2) is 9.97 Å². The molecule has 4 nitrogen and oxygen atoms in total. The first-order valence-electron chi connectivity index (χ1n) is 8.05. The number of anilines is 1. The lowest BCUT2D eigenvalue weighted by molar-refractivity contribution is -0.0624. The van der Waals surface area contributed by atoms with E-state index in [0.717, 1.165) is 41.2 Å². The van der Waals surface area contributed by atoms with Gasteiger partial charge in [0.05, 0.1) is 10.2 Å². The molecule has 0 radical (unpaired) electrons. The van der Waals surface area contributed by atoms with Gasteiger partial charge in [-0.05, 0) is 49.5 Å². The number of nitrogens with zero attached hydrogens (tertiary/aromatic N) is 2. The molecule has 1 fully saturated rings. The topological polar surface area (TPSA) is 47.0 Å². The van der Waals surface area contributed by atoms with Crippen molar-refractivity contribution in [1.82, 2.24) is 9.97 Å². The number of halogens is 1. The van der Waals surface area contributed by atoms with Crippen LogP contribution >= 0.6 is 15.9 Å². The first-order valence-corrected chi connectivity index (χ1v) is 8.84. The predicted molar refractivity (Wildman–Crippen MR) is 89.6 cm³/mol. The van der Waals surface area contributed by atoms with Gasteiger partial charge in [0.1, 0.15) is 11.4 Å². The monoisotopic (exact) mass is 355 g/mol. The zero-order valence-electron chi connectivity index (χ0n) is 13.3. The van der Waals surface area contributed by atoms with Crippen molar-refractivity contribution in [3.05, 3.63) is 16.0 Å². The average Bonchev–Trinajstić information content (AvgIpc) is 2.71. The summed E-state index contributed by atoms with van der Waals surface area (Å²) in [5.74, 6) is 1.73. The summed E-state index contributed by atoms with van der Waals surface area (Å²) in [7, 11) is 0. The Kier molecular flexibility index (Phi) is 5.99. The van der Waals surface area contributed by atoms with Gasteiger partial charge in [-0.3, -0.25) is 0 Å². The van der Waals surface area contributed by atoms with Gasteiger partial charge < -0.3 is 10.1 Å². The lowest BCUT2D eigenvalue weighted by Gasteiger charge is -2.31. The lowest BCUT2D eigenvalue weighted by atomic mass is 9.93. The largest absolute Gasteiger partial charge is 0.369 e. The fraction of sp³-hybridized carbons (Fsp3) is 0.750. The summed E-state index contributed by atoms with van der Waals surface area (Å²) < 4.78 is 7.15. The third-order valence-electron chi connectivity index (χ3n) is 4.10. The number of nitrogens with one attached hydrogen (secondary N) is 1. The van der Waals surface area contributed by atoms with Gasteiger partial charge in [0, 0.05) is 13.2 Å². The van der Waals surface area contributed by atoms with E-state index in [1.54, 1.807) is 0 Å². The molecule has 1 saturated carbocycles. The highest BCUT2D eigenvalue weighted by Gasteiger charge is 2.37. The van der Waals surface area contributed by atoms with Crippen molar-refractivity contribution in [1.29, 1.82) is 0 Å². The smallest absolute Gasteiger partial charge is 0.162 e. The summed E-state index contributed by atoms with van der Waals surface area (Å²) in [4.78, 5) is 9.53. The minimum atomic E-state index is -0.305. The Morgan fingerprint density at radius 2 is 1.81 bits per heavy atom. The quantitative estimate of drug-likeness (QED) is 0.786. The van der Waals surface area contributed by atoms with Crippen LogP contribution in [0.2, 0.25) is 0 Å². The second kappa shape index (κ2) is 7.54. The van der Waals surface area contributed by atoms with E-state index in [4.69, 9.17) is 14.7 Å². The van der Waals surface area contributed by atoms with Crippen LogP contribution in [0.25, 0.3) is 0 Å². The molecule has 0 saturated heterocycles. The second-order valence-corrected chi connectivity index (χ2v) is 6.46. The van der Waals surface area contributed by atoms with Gasteiger partial charge in [-0.1, -0.05) is 25.7 Å². The molecule has 1 aromatic rings. The summed E-state index contributed by atoms with van der Waals surface area (Å²) in [6.07, 6.45) is 6.99. The average molecular weight is 356 g/mol. The third-order valence-corrected chi connectivity index (χ3v) is 5.05. The number of hydrogen-bond acceptors (Lipinski definition) is 4. The van der Waals surface area contributed by atoms with Crippen molar-refractivity contribution in [2.24, 2.45) is 0 Å². The standard InChI is InChI=1S/C16H26BrN3O/c1-4-18-14-13(17)12(3)19-15(20-14)16(21-5-2)10-8-6-7-9-11-16/h4-11H2,1-3H3,(H,18,19,20). The van der Waals surface area contributed by atoms with E-state index >= 15 is 0 Å². The van der Waals surface area contributed by atoms with Gasteiger partial charge in [0.25, 0.3) is 0 Å². The van der Waals surface area contributed by atoms with Crippen molar-refractivity contribution in [2.45, 2.75) is 64.9 Å². The van der Waals surface area contributed by atoms with Gasteiger partial charge >= 0.3 is 0 Å². The normalized spacial score (nSPS) is 18.3. The van der Waals surface area contributed by atoms with Gasteiger partial charge in [-0.15, -0.1) is 0 Å². The summed E-state index contributed by atoms with van der Waals surface area (Å²) in [5, 5.41) is 3.32. The lowest BCUT2D eigenvalue weighted by Crippen LogP contribution is -2.32. The number of hydrogen-bond donors (Lipinski definition) is 1. The van der Waals surface area contributed by atoms with Crippen LogP contribution in [0.4, 0.5) is 5.82 Å². The van der Waals surface area contributed by atoms with Crippen LogP contribution in [-0.4, -0.2) is 23.1 Å². The molecule has 0 atom stereocenters. The van der Waals surface area contributed by atoms with Crippen LogP contribution in [0.1, 0.15) is 63.9 Å². The first kappa shape index (κ1) is 16.7. The molecule has 0 amide bonds. The highest BCUT2D eigenvalue weighted by Crippen LogP contribution is 2.39. The maximum absolute atomic E-state index is 6.20. The molecular formula is C16H26BrN3O. The molecule has 2 rings (SSSR count). The summed E-state index contributed by atoms with van der Waals surface area (Å²) in [5.41, 5.74) is 0.667. The Bertz CT molecular complexity index is 471. The molecular weight excluding hydrogens is 330 g/mol. The van der Waals surface area contributed by atoms with Crippen LogP contribution in [0.5, 0.6) is 0 Å². The molecule has 0 aromatic carbocycles. The Morgan fingerprint density at radius 1 is 1.14 bits per heavy atom. The molecule has 0 bridgehead atoms. The molecule has 118 valence electrons. The summed E-state index contributed by atoms with van der Waals surface area (Å²) in [6, 6.07) is 0. The maximum Gasteiger partial charge on any atom is 0.162 e. The molecule has 21 heavy (non-hydrogen) atoms. The Labute approximate surface area is 136 Å².